The predicted octanol–water partition coefficient (Wildman–Crippen LogP) is 3.49. The SMILES string of the molecule is COc1ccc2c(Oc3ccc(S(N)(=O)=NC[C@@H]4CCCN4)cc3)ccnc2c1. The van der Waals surface area contributed by atoms with E-state index in [4.69, 9.17) is 14.6 Å². The lowest BCUT2D eigenvalue weighted by molar-refractivity contribution is 0.415. The molecule has 0 saturated carbocycles. The van der Waals surface area contributed by atoms with E-state index in [1.54, 1.807) is 43.6 Å². The van der Waals surface area contributed by atoms with Crippen LogP contribution in [0.2, 0.25) is 0 Å². The van der Waals surface area contributed by atoms with Crippen LogP contribution in [0.1, 0.15) is 12.8 Å². The molecule has 0 bridgehead atoms. The Bertz CT molecular complexity index is 1120. The summed E-state index contributed by atoms with van der Waals surface area (Å²) in [6, 6.07) is 14.6. The average molecular weight is 413 g/mol. The van der Waals surface area contributed by atoms with Crippen molar-refractivity contribution in [1.29, 1.82) is 0 Å². The molecule has 1 aromatic heterocycles. The average Bonchev–Trinajstić information content (AvgIpc) is 3.26. The lowest BCUT2D eigenvalue weighted by Crippen LogP contribution is -2.26. The fourth-order valence-electron chi connectivity index (χ4n) is 3.34. The molecular formula is C21H24N4O3S. The van der Waals surface area contributed by atoms with E-state index in [-0.39, 0.29) is 6.04 Å². The van der Waals surface area contributed by atoms with Gasteiger partial charge >= 0.3 is 0 Å². The van der Waals surface area contributed by atoms with Crippen molar-refractivity contribution < 1.29 is 13.7 Å². The maximum atomic E-state index is 12.8. The summed E-state index contributed by atoms with van der Waals surface area (Å²) in [7, 11) is -1.30. The van der Waals surface area contributed by atoms with Crippen LogP contribution in [-0.2, 0) is 9.92 Å². The standard InChI is InChI=1S/C21H24N4O3S/c1-27-17-6-9-19-20(13-17)24-12-10-21(19)28-16-4-7-18(8-5-16)29(22,26)25-14-15-3-2-11-23-15/h4-10,12-13,15,23H,2-3,11,14H2,1H3,(H2,22,25,26)/t15-,29?/m0/s1. The summed E-state index contributed by atoms with van der Waals surface area (Å²) in [4.78, 5) is 4.85. The Kier molecular flexibility index (Phi) is 5.66. The van der Waals surface area contributed by atoms with Gasteiger partial charge in [-0.15, -0.1) is 0 Å². The van der Waals surface area contributed by atoms with Crippen LogP contribution in [0.4, 0.5) is 0 Å². The van der Waals surface area contributed by atoms with Gasteiger partial charge in [0.15, 0.2) is 0 Å². The molecule has 1 unspecified atom stereocenters. The Balaban J connectivity index is 1.53. The molecule has 1 fully saturated rings. The van der Waals surface area contributed by atoms with Gasteiger partial charge in [-0.2, -0.15) is 0 Å². The Labute approximate surface area is 170 Å². The molecule has 1 aliphatic heterocycles. The Morgan fingerprint density at radius 3 is 2.72 bits per heavy atom. The van der Waals surface area contributed by atoms with Crippen LogP contribution in [0.15, 0.2) is 64.0 Å². The second-order valence-corrected chi connectivity index (χ2v) is 8.81. The van der Waals surface area contributed by atoms with Crippen molar-refractivity contribution in [3.05, 3.63) is 54.7 Å². The molecule has 4 rings (SSSR count). The molecular weight excluding hydrogens is 388 g/mol. The zero-order valence-corrected chi connectivity index (χ0v) is 17.0. The van der Waals surface area contributed by atoms with Crippen molar-refractivity contribution in [2.45, 2.75) is 23.8 Å². The van der Waals surface area contributed by atoms with Gasteiger partial charge in [-0.1, -0.05) is 0 Å². The highest BCUT2D eigenvalue weighted by atomic mass is 32.2. The van der Waals surface area contributed by atoms with Crippen molar-refractivity contribution in [2.75, 3.05) is 20.2 Å². The molecule has 152 valence electrons. The van der Waals surface area contributed by atoms with Crippen LogP contribution in [0, 0.1) is 0 Å². The quantitative estimate of drug-likeness (QED) is 0.646. The van der Waals surface area contributed by atoms with E-state index in [0.717, 1.165) is 36.0 Å². The number of benzene rings is 2. The molecule has 0 aliphatic carbocycles. The molecule has 29 heavy (non-hydrogen) atoms. The minimum absolute atomic E-state index is 0.264. The first kappa shape index (κ1) is 19.6. The zero-order valence-electron chi connectivity index (χ0n) is 16.2. The summed E-state index contributed by atoms with van der Waals surface area (Å²) in [5.74, 6) is 2.03. The predicted molar refractivity (Wildman–Crippen MR) is 114 cm³/mol. The summed E-state index contributed by atoms with van der Waals surface area (Å²) >= 11 is 0. The summed E-state index contributed by atoms with van der Waals surface area (Å²) < 4.78 is 28.3. The van der Waals surface area contributed by atoms with Crippen LogP contribution in [0.25, 0.3) is 10.9 Å². The van der Waals surface area contributed by atoms with E-state index in [9.17, 15) is 4.21 Å². The molecule has 0 radical (unpaired) electrons. The van der Waals surface area contributed by atoms with Gasteiger partial charge < -0.3 is 14.8 Å². The van der Waals surface area contributed by atoms with Gasteiger partial charge in [0.2, 0.25) is 0 Å². The first-order valence-electron chi connectivity index (χ1n) is 9.50. The fraction of sp³-hybridized carbons (Fsp3) is 0.286. The molecule has 8 heteroatoms. The minimum atomic E-state index is -2.92. The molecule has 0 amide bonds. The third-order valence-electron chi connectivity index (χ3n) is 4.95. The Morgan fingerprint density at radius 2 is 2.00 bits per heavy atom. The number of ether oxygens (including phenoxy) is 2. The summed E-state index contributed by atoms with van der Waals surface area (Å²) in [6.45, 7) is 1.44. The number of hydrogen-bond acceptors (Lipinski definition) is 6. The van der Waals surface area contributed by atoms with E-state index < -0.39 is 9.92 Å². The fourth-order valence-corrected chi connectivity index (χ4v) is 4.41. The van der Waals surface area contributed by atoms with E-state index in [1.165, 1.54) is 0 Å². The van der Waals surface area contributed by atoms with Gasteiger partial charge in [0.05, 0.1) is 24.1 Å². The van der Waals surface area contributed by atoms with Gasteiger partial charge in [0.1, 0.15) is 27.2 Å². The van der Waals surface area contributed by atoms with E-state index >= 15 is 0 Å². The van der Waals surface area contributed by atoms with Crippen LogP contribution >= 0.6 is 0 Å². The number of nitrogens with two attached hydrogens (primary N) is 1. The van der Waals surface area contributed by atoms with Gasteiger partial charge in [0, 0.05) is 23.7 Å². The lowest BCUT2D eigenvalue weighted by atomic mass is 10.2. The molecule has 2 aromatic carbocycles. The van der Waals surface area contributed by atoms with Gasteiger partial charge in [-0.3, -0.25) is 4.98 Å². The summed E-state index contributed by atoms with van der Waals surface area (Å²) in [6.07, 6.45) is 3.85. The van der Waals surface area contributed by atoms with E-state index in [2.05, 4.69) is 14.7 Å². The van der Waals surface area contributed by atoms with Crippen LogP contribution in [0.3, 0.4) is 0 Å². The third-order valence-corrected chi connectivity index (χ3v) is 6.43. The van der Waals surface area contributed by atoms with Crippen molar-refractivity contribution in [3.63, 3.8) is 0 Å². The number of nitrogens with one attached hydrogen (secondary N) is 1. The van der Waals surface area contributed by atoms with Crippen molar-refractivity contribution in [3.8, 4) is 17.2 Å². The number of methoxy groups -OCH3 is 1. The van der Waals surface area contributed by atoms with Crippen molar-refractivity contribution in [2.24, 2.45) is 9.50 Å². The van der Waals surface area contributed by atoms with Gasteiger partial charge in [-0.25, -0.2) is 13.7 Å². The monoisotopic (exact) mass is 412 g/mol. The Hall–Kier alpha value is -2.68. The third kappa shape index (κ3) is 4.50. The maximum absolute atomic E-state index is 12.8. The topological polar surface area (TPSA) is 98.8 Å². The van der Waals surface area contributed by atoms with E-state index in [1.807, 2.05) is 18.2 Å². The number of aromatic nitrogens is 1. The highest BCUT2D eigenvalue weighted by molar-refractivity contribution is 7.91. The normalized spacial score (nSPS) is 18.3. The largest absolute Gasteiger partial charge is 0.497 e. The molecule has 0 spiro atoms. The van der Waals surface area contributed by atoms with Crippen molar-refractivity contribution >= 4 is 20.8 Å². The van der Waals surface area contributed by atoms with Crippen LogP contribution < -0.4 is 19.9 Å². The summed E-state index contributed by atoms with van der Waals surface area (Å²) in [5.41, 5.74) is 0.780. The Morgan fingerprint density at radius 1 is 1.21 bits per heavy atom. The zero-order chi connectivity index (χ0) is 20.3. The second-order valence-electron chi connectivity index (χ2n) is 6.94. The minimum Gasteiger partial charge on any atom is -0.497 e. The highest BCUT2D eigenvalue weighted by Crippen LogP contribution is 2.31. The lowest BCUT2D eigenvalue weighted by Gasteiger charge is -2.11. The number of nitrogens with zero attached hydrogens (tertiary/aromatic N) is 2. The molecule has 7 nitrogen and oxygen atoms in total. The molecule has 2 atom stereocenters. The van der Waals surface area contributed by atoms with E-state index in [0.29, 0.717) is 22.9 Å². The molecule has 3 N–H and O–H groups in total. The smallest absolute Gasteiger partial charge is 0.138 e. The molecule has 3 aromatic rings. The van der Waals surface area contributed by atoms with Crippen LogP contribution in [0.5, 0.6) is 17.2 Å². The number of pyridine rings is 1. The van der Waals surface area contributed by atoms with Crippen molar-refractivity contribution in [1.82, 2.24) is 10.3 Å². The second kappa shape index (κ2) is 8.36. The first-order valence-corrected chi connectivity index (χ1v) is 11.1. The van der Waals surface area contributed by atoms with Gasteiger partial charge in [-0.05, 0) is 61.9 Å². The van der Waals surface area contributed by atoms with Crippen LogP contribution in [-0.4, -0.2) is 35.4 Å². The number of hydrogen-bond donors (Lipinski definition) is 2. The molecule has 1 saturated heterocycles. The first-order chi connectivity index (χ1) is 14.0. The molecule has 2 heterocycles. The van der Waals surface area contributed by atoms with Gasteiger partial charge in [0.25, 0.3) is 0 Å². The maximum Gasteiger partial charge on any atom is 0.138 e. The summed E-state index contributed by atoms with van der Waals surface area (Å²) in [5, 5.41) is 10.2. The highest BCUT2D eigenvalue weighted by Gasteiger charge is 2.15. The number of rotatable bonds is 6. The molecule has 1 aliphatic rings. The number of fused-ring (bicyclic) bond motifs is 1.